The van der Waals surface area contributed by atoms with Crippen molar-refractivity contribution in [2.24, 2.45) is 0 Å². The maximum absolute atomic E-state index is 11.8. The molecule has 0 radical (unpaired) electrons. The predicted molar refractivity (Wildman–Crippen MR) is 69.8 cm³/mol. The van der Waals surface area contributed by atoms with Crippen LogP contribution in [-0.4, -0.2) is 29.8 Å². The summed E-state index contributed by atoms with van der Waals surface area (Å²) in [6, 6.07) is 7.50. The summed E-state index contributed by atoms with van der Waals surface area (Å²) in [4.78, 5) is 13.5. The van der Waals surface area contributed by atoms with Crippen LogP contribution >= 0.6 is 0 Å². The lowest BCUT2D eigenvalue weighted by Gasteiger charge is -2.29. The number of anilines is 1. The normalized spacial score (nSPS) is 20.3. The minimum Gasteiger partial charge on any atom is -0.491 e. The Balaban J connectivity index is 2.07. The van der Waals surface area contributed by atoms with Crippen LogP contribution in [0.3, 0.4) is 0 Å². The largest absolute Gasteiger partial charge is 0.491 e. The van der Waals surface area contributed by atoms with Gasteiger partial charge in [-0.15, -0.1) is 0 Å². The average Bonchev–Trinajstić information content (AvgIpc) is 2.30. The fourth-order valence-electron chi connectivity index (χ4n) is 2.07. The van der Waals surface area contributed by atoms with E-state index in [0.29, 0.717) is 13.0 Å². The average molecular weight is 249 g/mol. The molecule has 1 heterocycles. The zero-order chi connectivity index (χ0) is 13.1. The van der Waals surface area contributed by atoms with Gasteiger partial charge in [-0.25, -0.2) is 0 Å². The molecule has 0 spiro atoms. The van der Waals surface area contributed by atoms with Crippen molar-refractivity contribution >= 4 is 11.6 Å². The first-order chi connectivity index (χ1) is 8.56. The molecule has 1 aromatic rings. The molecule has 1 N–H and O–H groups in total. The van der Waals surface area contributed by atoms with E-state index in [1.165, 1.54) is 0 Å². The van der Waals surface area contributed by atoms with Crippen molar-refractivity contribution in [2.75, 3.05) is 11.4 Å². The van der Waals surface area contributed by atoms with Crippen LogP contribution < -0.4 is 9.64 Å². The van der Waals surface area contributed by atoms with E-state index in [0.717, 1.165) is 11.4 Å². The molecule has 2 rings (SSSR count). The van der Waals surface area contributed by atoms with Crippen LogP contribution in [0.2, 0.25) is 0 Å². The molecule has 4 heteroatoms. The molecule has 18 heavy (non-hydrogen) atoms. The molecule has 1 unspecified atom stereocenters. The Kier molecular flexibility index (Phi) is 3.87. The Bertz CT molecular complexity index is 414. The molecule has 1 aliphatic heterocycles. The van der Waals surface area contributed by atoms with Crippen molar-refractivity contribution in [3.05, 3.63) is 24.3 Å². The number of rotatable bonds is 3. The standard InChI is InChI=1S/C14H19NO3/c1-10(2)18-13-5-3-11(4-6-13)15-8-7-12(16)9-14(15)17/h3-6,10,12,16H,7-9H2,1-2H3. The molecular weight excluding hydrogens is 230 g/mol. The van der Waals surface area contributed by atoms with Gasteiger partial charge in [0, 0.05) is 12.2 Å². The van der Waals surface area contributed by atoms with Gasteiger partial charge in [0.1, 0.15) is 5.75 Å². The van der Waals surface area contributed by atoms with Gasteiger partial charge in [0.15, 0.2) is 0 Å². The third kappa shape index (κ3) is 3.01. The monoisotopic (exact) mass is 249 g/mol. The summed E-state index contributed by atoms with van der Waals surface area (Å²) in [6.45, 7) is 4.53. The van der Waals surface area contributed by atoms with E-state index >= 15 is 0 Å². The van der Waals surface area contributed by atoms with Crippen LogP contribution in [0.25, 0.3) is 0 Å². The maximum atomic E-state index is 11.8. The number of ether oxygens (including phenoxy) is 1. The topological polar surface area (TPSA) is 49.8 Å². The van der Waals surface area contributed by atoms with Crippen molar-refractivity contribution in [3.8, 4) is 5.75 Å². The van der Waals surface area contributed by atoms with Gasteiger partial charge in [-0.1, -0.05) is 0 Å². The summed E-state index contributed by atoms with van der Waals surface area (Å²) in [5.74, 6) is 0.782. The van der Waals surface area contributed by atoms with Crippen LogP contribution in [0.4, 0.5) is 5.69 Å². The zero-order valence-corrected chi connectivity index (χ0v) is 10.8. The minimum absolute atomic E-state index is 0.0220. The second-order valence-corrected chi connectivity index (χ2v) is 4.85. The van der Waals surface area contributed by atoms with E-state index in [4.69, 9.17) is 4.74 Å². The van der Waals surface area contributed by atoms with Gasteiger partial charge in [-0.2, -0.15) is 0 Å². The molecule has 1 saturated heterocycles. The molecule has 1 amide bonds. The highest BCUT2D eigenvalue weighted by Gasteiger charge is 2.25. The molecule has 0 saturated carbocycles. The lowest BCUT2D eigenvalue weighted by molar-refractivity contribution is -0.122. The summed E-state index contributed by atoms with van der Waals surface area (Å²) in [5, 5.41) is 9.42. The summed E-state index contributed by atoms with van der Waals surface area (Å²) in [5.41, 5.74) is 0.864. The Morgan fingerprint density at radius 3 is 2.56 bits per heavy atom. The van der Waals surface area contributed by atoms with Crippen molar-refractivity contribution in [3.63, 3.8) is 0 Å². The van der Waals surface area contributed by atoms with E-state index in [1.807, 2.05) is 38.1 Å². The fourth-order valence-corrected chi connectivity index (χ4v) is 2.07. The molecule has 0 bridgehead atoms. The number of piperidine rings is 1. The first-order valence-corrected chi connectivity index (χ1v) is 6.31. The number of hydrogen-bond acceptors (Lipinski definition) is 3. The number of aliphatic hydroxyl groups is 1. The van der Waals surface area contributed by atoms with Gasteiger partial charge in [0.05, 0.1) is 18.6 Å². The Morgan fingerprint density at radius 2 is 2.00 bits per heavy atom. The molecule has 1 aromatic carbocycles. The van der Waals surface area contributed by atoms with E-state index in [-0.39, 0.29) is 18.4 Å². The van der Waals surface area contributed by atoms with Crippen LogP contribution in [-0.2, 0) is 4.79 Å². The molecule has 4 nitrogen and oxygen atoms in total. The van der Waals surface area contributed by atoms with Gasteiger partial charge >= 0.3 is 0 Å². The van der Waals surface area contributed by atoms with Crippen LogP contribution in [0.1, 0.15) is 26.7 Å². The van der Waals surface area contributed by atoms with E-state index in [1.54, 1.807) is 4.90 Å². The summed E-state index contributed by atoms with van der Waals surface area (Å²) in [6.07, 6.45) is 0.500. The molecular formula is C14H19NO3. The van der Waals surface area contributed by atoms with Gasteiger partial charge < -0.3 is 14.7 Å². The number of hydrogen-bond donors (Lipinski definition) is 1. The number of carbonyl (C=O) groups excluding carboxylic acids is 1. The van der Waals surface area contributed by atoms with E-state index in [2.05, 4.69) is 0 Å². The smallest absolute Gasteiger partial charge is 0.229 e. The van der Waals surface area contributed by atoms with Gasteiger partial charge in [-0.3, -0.25) is 4.79 Å². The van der Waals surface area contributed by atoms with E-state index < -0.39 is 6.10 Å². The summed E-state index contributed by atoms with van der Waals surface area (Å²) < 4.78 is 5.56. The third-order valence-corrected chi connectivity index (χ3v) is 2.92. The zero-order valence-electron chi connectivity index (χ0n) is 10.8. The molecule has 1 atom stereocenters. The van der Waals surface area contributed by atoms with Gasteiger partial charge in [0.2, 0.25) is 5.91 Å². The highest BCUT2D eigenvalue weighted by atomic mass is 16.5. The van der Waals surface area contributed by atoms with Crippen molar-refractivity contribution in [2.45, 2.75) is 38.9 Å². The molecule has 0 aliphatic carbocycles. The maximum Gasteiger partial charge on any atom is 0.229 e. The highest BCUT2D eigenvalue weighted by Crippen LogP contribution is 2.24. The predicted octanol–water partition coefficient (Wildman–Crippen LogP) is 1.96. The molecule has 98 valence electrons. The second-order valence-electron chi connectivity index (χ2n) is 4.85. The Labute approximate surface area is 107 Å². The first-order valence-electron chi connectivity index (χ1n) is 6.31. The molecule has 1 aliphatic rings. The number of benzene rings is 1. The van der Waals surface area contributed by atoms with E-state index in [9.17, 15) is 9.90 Å². The lowest BCUT2D eigenvalue weighted by atomic mass is 10.1. The molecule has 0 aromatic heterocycles. The van der Waals surface area contributed by atoms with Gasteiger partial charge in [0.25, 0.3) is 0 Å². The van der Waals surface area contributed by atoms with Crippen LogP contribution in [0.5, 0.6) is 5.75 Å². The number of aliphatic hydroxyl groups excluding tert-OH is 1. The van der Waals surface area contributed by atoms with Crippen LogP contribution in [0, 0.1) is 0 Å². The number of carbonyl (C=O) groups is 1. The first kappa shape index (κ1) is 12.9. The Morgan fingerprint density at radius 1 is 1.33 bits per heavy atom. The summed E-state index contributed by atoms with van der Waals surface area (Å²) >= 11 is 0. The Hall–Kier alpha value is -1.55. The van der Waals surface area contributed by atoms with Gasteiger partial charge in [-0.05, 0) is 44.5 Å². The SMILES string of the molecule is CC(C)Oc1ccc(N2CCC(O)CC2=O)cc1. The minimum atomic E-state index is -0.489. The summed E-state index contributed by atoms with van der Waals surface area (Å²) in [7, 11) is 0. The third-order valence-electron chi connectivity index (χ3n) is 2.92. The number of nitrogens with zero attached hydrogens (tertiary/aromatic N) is 1. The second kappa shape index (κ2) is 5.40. The molecule has 1 fully saturated rings. The number of amides is 1. The fraction of sp³-hybridized carbons (Fsp3) is 0.500. The lowest BCUT2D eigenvalue weighted by Crippen LogP contribution is -2.40. The van der Waals surface area contributed by atoms with Crippen molar-refractivity contribution in [1.29, 1.82) is 0 Å². The quantitative estimate of drug-likeness (QED) is 0.891. The van der Waals surface area contributed by atoms with Crippen molar-refractivity contribution in [1.82, 2.24) is 0 Å². The highest BCUT2D eigenvalue weighted by molar-refractivity contribution is 5.94. The van der Waals surface area contributed by atoms with Crippen LogP contribution in [0.15, 0.2) is 24.3 Å². The van der Waals surface area contributed by atoms with Crippen molar-refractivity contribution < 1.29 is 14.6 Å².